The Bertz CT molecular complexity index is 1220. The van der Waals surface area contributed by atoms with E-state index >= 15 is 0 Å². The van der Waals surface area contributed by atoms with Gasteiger partial charge in [0.2, 0.25) is 5.91 Å². The zero-order chi connectivity index (χ0) is 24.8. The van der Waals surface area contributed by atoms with Crippen LogP contribution in [0, 0.1) is 11.8 Å². The number of rotatable bonds is 10. The maximum Gasteiger partial charge on any atom is 0.306 e. The molecule has 7 nitrogen and oxygen atoms in total. The van der Waals surface area contributed by atoms with Crippen LogP contribution in [0.5, 0.6) is 0 Å². The smallest absolute Gasteiger partial charge is 0.306 e. The van der Waals surface area contributed by atoms with Gasteiger partial charge < -0.3 is 10.4 Å². The molecule has 1 amide bonds. The zero-order valence-electron chi connectivity index (χ0n) is 19.8. The summed E-state index contributed by atoms with van der Waals surface area (Å²) in [7, 11) is 0. The molecular weight excluding hydrogens is 482 g/mol. The van der Waals surface area contributed by atoms with Crippen molar-refractivity contribution in [2.45, 2.75) is 63.2 Å². The SMILES string of the molecule is CC(CCc1ccccc1)NC(=O)CSc1nc2ccsc2c(=O)n1CC1CCC(C(=O)O)CC1. The van der Waals surface area contributed by atoms with Gasteiger partial charge in [-0.2, -0.15) is 0 Å². The van der Waals surface area contributed by atoms with E-state index in [2.05, 4.69) is 17.4 Å². The fraction of sp³-hybridized carbons (Fsp3) is 0.462. The monoisotopic (exact) mass is 513 g/mol. The van der Waals surface area contributed by atoms with Gasteiger partial charge in [-0.15, -0.1) is 11.3 Å². The Balaban J connectivity index is 1.38. The molecule has 1 aliphatic rings. The fourth-order valence-electron chi connectivity index (χ4n) is 4.59. The lowest BCUT2D eigenvalue weighted by atomic mass is 9.82. The van der Waals surface area contributed by atoms with Crippen molar-refractivity contribution in [3.8, 4) is 0 Å². The Hall–Kier alpha value is -2.65. The van der Waals surface area contributed by atoms with Crippen molar-refractivity contribution in [3.63, 3.8) is 0 Å². The van der Waals surface area contributed by atoms with Crippen LogP contribution in [-0.2, 0) is 22.6 Å². The number of aryl methyl sites for hydroxylation is 1. The highest BCUT2D eigenvalue weighted by Crippen LogP contribution is 2.31. The molecular formula is C26H31N3O4S2. The van der Waals surface area contributed by atoms with E-state index < -0.39 is 5.97 Å². The number of thiophene rings is 1. The quantitative estimate of drug-likeness (QED) is 0.304. The van der Waals surface area contributed by atoms with E-state index in [9.17, 15) is 19.5 Å². The molecule has 0 aliphatic heterocycles. The first kappa shape index (κ1) is 25.4. The van der Waals surface area contributed by atoms with E-state index in [1.807, 2.05) is 36.6 Å². The minimum atomic E-state index is -0.734. The van der Waals surface area contributed by atoms with E-state index in [1.54, 1.807) is 4.57 Å². The molecule has 1 atom stereocenters. The number of aliphatic carboxylic acids is 1. The van der Waals surface area contributed by atoms with Crippen molar-refractivity contribution >= 4 is 45.2 Å². The molecule has 4 rings (SSSR count). The van der Waals surface area contributed by atoms with Crippen LogP contribution in [0.3, 0.4) is 0 Å². The van der Waals surface area contributed by atoms with Gasteiger partial charge in [0, 0.05) is 12.6 Å². The summed E-state index contributed by atoms with van der Waals surface area (Å²) < 4.78 is 2.31. The number of hydrogen-bond acceptors (Lipinski definition) is 6. The lowest BCUT2D eigenvalue weighted by Crippen LogP contribution is -2.34. The topological polar surface area (TPSA) is 101 Å². The number of carbonyl (C=O) groups excluding carboxylic acids is 1. The molecule has 2 aromatic heterocycles. The Labute approximate surface area is 213 Å². The predicted octanol–water partition coefficient (Wildman–Crippen LogP) is 4.58. The van der Waals surface area contributed by atoms with Gasteiger partial charge in [0.1, 0.15) is 4.70 Å². The molecule has 0 bridgehead atoms. The molecule has 1 unspecified atom stereocenters. The summed E-state index contributed by atoms with van der Waals surface area (Å²) in [6, 6.07) is 12.1. The number of nitrogens with one attached hydrogen (secondary N) is 1. The van der Waals surface area contributed by atoms with Crippen molar-refractivity contribution in [2.75, 3.05) is 5.75 Å². The summed E-state index contributed by atoms with van der Waals surface area (Å²) in [4.78, 5) is 41.8. The first-order chi connectivity index (χ1) is 16.9. The standard InChI is InChI=1S/C26H31N3O4S2/c1-17(7-8-18-5-3-2-4-6-18)27-22(30)16-35-26-28-21-13-14-34-23(21)24(31)29(26)15-19-9-11-20(12-10-19)25(32)33/h2-6,13-14,17,19-20H,7-12,15-16H2,1H3,(H,27,30)(H,32,33). The molecule has 35 heavy (non-hydrogen) atoms. The van der Waals surface area contributed by atoms with E-state index in [0.29, 0.717) is 34.8 Å². The average Bonchev–Trinajstić information content (AvgIpc) is 3.33. The van der Waals surface area contributed by atoms with Gasteiger partial charge in [-0.25, -0.2) is 4.98 Å². The van der Waals surface area contributed by atoms with Crippen LogP contribution in [0.4, 0.5) is 0 Å². The number of carbonyl (C=O) groups is 2. The van der Waals surface area contributed by atoms with Gasteiger partial charge in [0.15, 0.2) is 5.16 Å². The number of benzene rings is 1. The number of nitrogens with zero attached hydrogens (tertiary/aromatic N) is 2. The Kier molecular flexibility index (Phi) is 8.62. The third-order valence-electron chi connectivity index (χ3n) is 6.62. The molecule has 1 saturated carbocycles. The fourth-order valence-corrected chi connectivity index (χ4v) is 6.19. The number of thioether (sulfide) groups is 1. The molecule has 9 heteroatoms. The average molecular weight is 514 g/mol. The summed E-state index contributed by atoms with van der Waals surface area (Å²) in [6.45, 7) is 2.51. The van der Waals surface area contributed by atoms with Crippen molar-refractivity contribution in [2.24, 2.45) is 11.8 Å². The third kappa shape index (κ3) is 6.73. The van der Waals surface area contributed by atoms with Crippen LogP contribution in [0.2, 0.25) is 0 Å². The van der Waals surface area contributed by atoms with Gasteiger partial charge in [0.05, 0.1) is 17.2 Å². The molecule has 0 saturated heterocycles. The van der Waals surface area contributed by atoms with Gasteiger partial charge in [-0.05, 0) is 68.4 Å². The Morgan fingerprint density at radius 1 is 1.20 bits per heavy atom. The second kappa shape index (κ2) is 11.9. The van der Waals surface area contributed by atoms with Crippen LogP contribution in [0.25, 0.3) is 10.2 Å². The van der Waals surface area contributed by atoms with E-state index in [0.717, 1.165) is 25.7 Å². The molecule has 0 radical (unpaired) electrons. The van der Waals surface area contributed by atoms with Crippen LogP contribution in [0.1, 0.15) is 44.6 Å². The number of carboxylic acid groups (broad SMARTS) is 1. The molecule has 3 aromatic rings. The number of amides is 1. The first-order valence-electron chi connectivity index (χ1n) is 12.1. The predicted molar refractivity (Wildman–Crippen MR) is 140 cm³/mol. The first-order valence-corrected chi connectivity index (χ1v) is 13.9. The van der Waals surface area contributed by atoms with E-state index in [1.165, 1.54) is 28.7 Å². The third-order valence-corrected chi connectivity index (χ3v) is 8.48. The van der Waals surface area contributed by atoms with E-state index in [-0.39, 0.29) is 35.1 Å². The summed E-state index contributed by atoms with van der Waals surface area (Å²) in [5.41, 5.74) is 1.83. The number of aromatic nitrogens is 2. The summed E-state index contributed by atoms with van der Waals surface area (Å²) in [5.74, 6) is -0.689. The van der Waals surface area contributed by atoms with Crippen LogP contribution in [0.15, 0.2) is 51.7 Å². The van der Waals surface area contributed by atoms with Gasteiger partial charge in [-0.1, -0.05) is 42.1 Å². The zero-order valence-corrected chi connectivity index (χ0v) is 21.4. The van der Waals surface area contributed by atoms with Gasteiger partial charge in [0.25, 0.3) is 5.56 Å². The maximum atomic E-state index is 13.2. The normalized spacial score (nSPS) is 18.9. The van der Waals surface area contributed by atoms with Crippen molar-refractivity contribution in [3.05, 3.63) is 57.7 Å². The van der Waals surface area contributed by atoms with Crippen LogP contribution in [-0.4, -0.2) is 38.3 Å². The van der Waals surface area contributed by atoms with E-state index in [4.69, 9.17) is 4.98 Å². The Morgan fingerprint density at radius 3 is 2.66 bits per heavy atom. The second-order valence-corrected chi connectivity index (χ2v) is 11.1. The summed E-state index contributed by atoms with van der Waals surface area (Å²) in [5, 5.41) is 14.7. The molecule has 2 heterocycles. The number of fused-ring (bicyclic) bond motifs is 1. The highest BCUT2D eigenvalue weighted by Gasteiger charge is 2.27. The lowest BCUT2D eigenvalue weighted by molar-refractivity contribution is -0.143. The second-order valence-electron chi connectivity index (χ2n) is 9.28. The lowest BCUT2D eigenvalue weighted by Gasteiger charge is -2.27. The molecule has 186 valence electrons. The largest absolute Gasteiger partial charge is 0.481 e. The minimum absolute atomic E-state index is 0.0437. The maximum absolute atomic E-state index is 13.2. The number of hydrogen-bond donors (Lipinski definition) is 2. The molecule has 2 N–H and O–H groups in total. The van der Waals surface area contributed by atoms with Crippen molar-refractivity contribution in [1.29, 1.82) is 0 Å². The summed E-state index contributed by atoms with van der Waals surface area (Å²) >= 11 is 2.67. The summed E-state index contributed by atoms with van der Waals surface area (Å²) in [6.07, 6.45) is 4.56. The molecule has 1 fully saturated rings. The number of carboxylic acids is 1. The highest BCUT2D eigenvalue weighted by atomic mass is 32.2. The highest BCUT2D eigenvalue weighted by molar-refractivity contribution is 7.99. The van der Waals surface area contributed by atoms with Gasteiger partial charge >= 0.3 is 5.97 Å². The molecule has 1 aromatic carbocycles. The van der Waals surface area contributed by atoms with Gasteiger partial charge in [-0.3, -0.25) is 19.0 Å². The van der Waals surface area contributed by atoms with Crippen LogP contribution < -0.4 is 10.9 Å². The molecule has 0 spiro atoms. The van der Waals surface area contributed by atoms with Crippen LogP contribution >= 0.6 is 23.1 Å². The Morgan fingerprint density at radius 2 is 1.94 bits per heavy atom. The minimum Gasteiger partial charge on any atom is -0.481 e. The molecule has 1 aliphatic carbocycles. The van der Waals surface area contributed by atoms with Crippen molar-refractivity contribution in [1.82, 2.24) is 14.9 Å². The van der Waals surface area contributed by atoms with Crippen molar-refractivity contribution < 1.29 is 14.7 Å².